The summed E-state index contributed by atoms with van der Waals surface area (Å²) in [6.07, 6.45) is 1.51. The molecule has 0 bridgehead atoms. The van der Waals surface area contributed by atoms with Crippen LogP contribution in [0.5, 0.6) is 0 Å². The van der Waals surface area contributed by atoms with Gasteiger partial charge in [-0.25, -0.2) is 4.98 Å². The van der Waals surface area contributed by atoms with Gasteiger partial charge in [0.25, 0.3) is 16.8 Å². The average molecular weight is 501 g/mol. The van der Waals surface area contributed by atoms with E-state index in [1.54, 1.807) is 30.3 Å². The highest BCUT2D eigenvalue weighted by Gasteiger charge is 2.25. The molecule has 0 spiro atoms. The smallest absolute Gasteiger partial charge is 0.253 e. The van der Waals surface area contributed by atoms with Gasteiger partial charge in [0.15, 0.2) is 0 Å². The zero-order valence-corrected chi connectivity index (χ0v) is 20.7. The number of aromatic nitrogens is 2. The Balaban J connectivity index is 1.42. The zero-order valence-electron chi connectivity index (χ0n) is 20.7. The maximum atomic E-state index is 12.7. The van der Waals surface area contributed by atoms with Crippen LogP contribution >= 0.6 is 0 Å². The Hall–Kier alpha value is -4.57. The lowest BCUT2D eigenvalue weighted by Crippen LogP contribution is -2.41. The normalized spacial score (nSPS) is 12.1. The first kappa shape index (κ1) is 25.5. The van der Waals surface area contributed by atoms with Crippen LogP contribution in [0.4, 0.5) is 28.8 Å². The fraction of sp³-hybridized carbons (Fsp3) is 0.222. The summed E-state index contributed by atoms with van der Waals surface area (Å²) in [5.41, 5.74) is 0.710. The third-order valence-electron chi connectivity index (χ3n) is 5.41. The molecule has 1 amide bonds. The van der Waals surface area contributed by atoms with Crippen LogP contribution in [0.1, 0.15) is 42.7 Å². The van der Waals surface area contributed by atoms with Gasteiger partial charge in [-0.05, 0) is 56.7 Å². The molecule has 0 radical (unpaired) electrons. The molecule has 10 heteroatoms. The number of carbonyl (C=O) groups is 1. The van der Waals surface area contributed by atoms with E-state index in [-0.39, 0.29) is 35.4 Å². The second kappa shape index (κ2) is 10.6. The van der Waals surface area contributed by atoms with E-state index >= 15 is 0 Å². The second-order valence-electron chi connectivity index (χ2n) is 9.50. The lowest BCUT2D eigenvalue weighted by Gasteiger charge is -2.24. The Labute approximate surface area is 213 Å². The number of hydrogen-bond acceptors (Lipinski definition) is 9. The number of amides is 1. The van der Waals surface area contributed by atoms with Gasteiger partial charge in [-0.3, -0.25) is 14.4 Å². The van der Waals surface area contributed by atoms with E-state index in [1.807, 2.05) is 51.1 Å². The van der Waals surface area contributed by atoms with E-state index in [0.29, 0.717) is 17.1 Å². The molecule has 1 atom stereocenters. The maximum absolute atomic E-state index is 12.7. The van der Waals surface area contributed by atoms with Crippen LogP contribution in [0, 0.1) is 0 Å². The number of aliphatic hydroxyl groups is 1. The predicted molar refractivity (Wildman–Crippen MR) is 144 cm³/mol. The number of nitrogens with zero attached hydrogens (tertiary/aromatic N) is 2. The quantitative estimate of drug-likeness (QED) is 0.219. The summed E-state index contributed by atoms with van der Waals surface area (Å²) in [6, 6.07) is 17.0. The van der Waals surface area contributed by atoms with Gasteiger partial charge >= 0.3 is 0 Å². The minimum atomic E-state index is -0.607. The first-order valence-corrected chi connectivity index (χ1v) is 11.7. The summed E-state index contributed by atoms with van der Waals surface area (Å²) in [7, 11) is 0. The van der Waals surface area contributed by atoms with Gasteiger partial charge in [0, 0.05) is 23.0 Å². The average Bonchev–Trinajstić information content (AvgIpc) is 2.89. The fourth-order valence-electron chi connectivity index (χ4n) is 3.62. The summed E-state index contributed by atoms with van der Waals surface area (Å²) in [6.45, 7) is 5.46. The highest BCUT2D eigenvalue weighted by molar-refractivity contribution is 5.94. The molecule has 1 unspecified atom stereocenters. The molecule has 4 rings (SSSR count). The first-order chi connectivity index (χ1) is 17.6. The molecule has 190 valence electrons. The molecule has 0 aliphatic heterocycles. The first-order valence-electron chi connectivity index (χ1n) is 11.7. The van der Waals surface area contributed by atoms with Crippen LogP contribution < -0.4 is 32.1 Å². The summed E-state index contributed by atoms with van der Waals surface area (Å²) in [5, 5.41) is 21.5. The molecule has 0 saturated carbocycles. The van der Waals surface area contributed by atoms with E-state index in [9.17, 15) is 19.5 Å². The molecule has 1 heterocycles. The number of hydrogen-bond donors (Lipinski definition) is 5. The SMILES string of the molecule is CC(C)(C)Nc1c(Nc2ccnc(Nc3ccc(C(=O)NC(CO)c4ccccc4)cc3)n2)c(=O)c1=O. The van der Waals surface area contributed by atoms with Crippen molar-refractivity contribution in [2.75, 3.05) is 22.6 Å². The topological polar surface area (TPSA) is 145 Å². The third-order valence-corrected chi connectivity index (χ3v) is 5.41. The third kappa shape index (κ3) is 6.17. The molecule has 0 fully saturated rings. The van der Waals surface area contributed by atoms with Gasteiger partial charge in [-0.1, -0.05) is 30.3 Å². The van der Waals surface area contributed by atoms with Gasteiger partial charge in [0.05, 0.1) is 12.6 Å². The van der Waals surface area contributed by atoms with Crippen LogP contribution in [0.2, 0.25) is 0 Å². The van der Waals surface area contributed by atoms with Crippen LogP contribution in [0.3, 0.4) is 0 Å². The highest BCUT2D eigenvalue weighted by atomic mass is 16.3. The monoisotopic (exact) mass is 500 g/mol. The molecule has 3 aromatic carbocycles. The van der Waals surface area contributed by atoms with Crippen LogP contribution in [-0.2, 0) is 0 Å². The molecule has 0 aliphatic carbocycles. The lowest BCUT2D eigenvalue weighted by molar-refractivity contribution is 0.0916. The molecular weight excluding hydrogens is 472 g/mol. The van der Waals surface area contributed by atoms with Crippen molar-refractivity contribution in [3.8, 4) is 0 Å². The Morgan fingerprint density at radius 1 is 0.919 bits per heavy atom. The van der Waals surface area contributed by atoms with Crippen molar-refractivity contribution in [1.29, 1.82) is 0 Å². The molecule has 0 aliphatic rings. The molecule has 37 heavy (non-hydrogen) atoms. The minimum Gasteiger partial charge on any atom is -0.394 e. The van der Waals surface area contributed by atoms with Crippen molar-refractivity contribution in [3.63, 3.8) is 0 Å². The Morgan fingerprint density at radius 2 is 1.59 bits per heavy atom. The summed E-state index contributed by atoms with van der Waals surface area (Å²) in [5.74, 6) is 0.286. The lowest BCUT2D eigenvalue weighted by atomic mass is 10.1. The van der Waals surface area contributed by atoms with Gasteiger partial charge in [0.1, 0.15) is 17.2 Å². The summed E-state index contributed by atoms with van der Waals surface area (Å²) in [4.78, 5) is 45.3. The van der Waals surface area contributed by atoms with Crippen LogP contribution in [-0.4, -0.2) is 33.1 Å². The minimum absolute atomic E-state index is 0.164. The fourth-order valence-corrected chi connectivity index (χ4v) is 3.62. The largest absolute Gasteiger partial charge is 0.394 e. The van der Waals surface area contributed by atoms with Crippen LogP contribution in [0.15, 0.2) is 76.4 Å². The van der Waals surface area contributed by atoms with Crippen molar-refractivity contribution in [3.05, 3.63) is 98.4 Å². The van der Waals surface area contributed by atoms with E-state index < -0.39 is 16.9 Å². The Kier molecular flexibility index (Phi) is 7.30. The van der Waals surface area contributed by atoms with Crippen LogP contribution in [0.25, 0.3) is 0 Å². The van der Waals surface area contributed by atoms with Gasteiger partial charge in [-0.15, -0.1) is 0 Å². The van der Waals surface area contributed by atoms with Crippen molar-refractivity contribution >= 4 is 34.7 Å². The molecule has 1 aromatic heterocycles. The van der Waals surface area contributed by atoms with Gasteiger partial charge < -0.3 is 26.4 Å². The van der Waals surface area contributed by atoms with Crippen molar-refractivity contribution in [1.82, 2.24) is 15.3 Å². The molecular formula is C27H28N6O4. The molecule has 10 nitrogen and oxygen atoms in total. The van der Waals surface area contributed by atoms with E-state index in [4.69, 9.17) is 0 Å². The highest BCUT2D eigenvalue weighted by Crippen LogP contribution is 2.23. The number of benzene rings is 2. The van der Waals surface area contributed by atoms with Gasteiger partial charge in [0.2, 0.25) is 5.95 Å². The van der Waals surface area contributed by atoms with Gasteiger partial charge in [-0.2, -0.15) is 4.98 Å². The second-order valence-corrected chi connectivity index (χ2v) is 9.50. The summed E-state index contributed by atoms with van der Waals surface area (Å²) >= 11 is 0. The summed E-state index contributed by atoms with van der Waals surface area (Å²) < 4.78 is 0. The van der Waals surface area contributed by atoms with E-state index in [2.05, 4.69) is 31.2 Å². The molecule has 0 saturated heterocycles. The molecule has 5 N–H and O–H groups in total. The predicted octanol–water partition coefficient (Wildman–Crippen LogP) is 3.23. The maximum Gasteiger partial charge on any atom is 0.253 e. The Bertz CT molecular complexity index is 1460. The standard InChI is InChI=1S/C27H28N6O4/c1-27(2,3)33-22-21(23(35)24(22)36)31-20-13-14-28-26(32-20)29-18-11-9-17(10-12-18)25(37)30-19(15-34)16-7-5-4-6-8-16/h4-14,19,33-34H,15H2,1-3H3,(H,30,37)(H2,28,29,31,32). The molecule has 4 aromatic rings. The van der Waals surface area contributed by atoms with E-state index in [1.165, 1.54) is 6.20 Å². The Morgan fingerprint density at radius 3 is 2.24 bits per heavy atom. The number of nitrogens with one attached hydrogen (secondary N) is 4. The van der Waals surface area contributed by atoms with Crippen molar-refractivity contribution in [2.45, 2.75) is 32.4 Å². The zero-order chi connectivity index (χ0) is 26.6. The number of carbonyl (C=O) groups excluding carboxylic acids is 1. The van der Waals surface area contributed by atoms with Crippen molar-refractivity contribution < 1.29 is 9.90 Å². The number of anilines is 5. The van der Waals surface area contributed by atoms with Crippen molar-refractivity contribution in [2.24, 2.45) is 0 Å². The van der Waals surface area contributed by atoms with E-state index in [0.717, 1.165) is 5.56 Å². The number of aliphatic hydroxyl groups excluding tert-OH is 1. The number of rotatable bonds is 9.